The van der Waals surface area contributed by atoms with Crippen molar-refractivity contribution in [2.24, 2.45) is 0 Å². The van der Waals surface area contributed by atoms with Crippen molar-refractivity contribution in [3.05, 3.63) is 66.6 Å². The molecule has 0 aliphatic rings. The Morgan fingerprint density at radius 3 is 2.38 bits per heavy atom. The third-order valence-electron chi connectivity index (χ3n) is 4.03. The van der Waals surface area contributed by atoms with Gasteiger partial charge in [-0.2, -0.15) is 0 Å². The number of sulfone groups is 1. The van der Waals surface area contributed by atoms with Crippen LogP contribution in [0.1, 0.15) is 19.4 Å². The normalized spacial score (nSPS) is 12.1. The summed E-state index contributed by atoms with van der Waals surface area (Å²) < 4.78 is 25.1. The first-order chi connectivity index (χ1) is 12.3. The molecule has 0 bridgehead atoms. The van der Waals surface area contributed by atoms with Gasteiger partial charge in [-0.15, -0.1) is 0 Å². The number of anilines is 1. The number of rotatable bonds is 5. The number of hydrogen-bond acceptors (Lipinski definition) is 7. The van der Waals surface area contributed by atoms with E-state index in [9.17, 15) is 8.42 Å². The molecule has 0 fully saturated rings. The van der Waals surface area contributed by atoms with E-state index in [2.05, 4.69) is 15.0 Å². The number of pyridine rings is 1. The van der Waals surface area contributed by atoms with Gasteiger partial charge in [-0.05, 0) is 67.6 Å². The minimum Gasteiger partial charge on any atom is -0.384 e. The maximum atomic E-state index is 13.1. The third-order valence-corrected chi connectivity index (χ3v) is 7.39. The van der Waals surface area contributed by atoms with Crippen molar-refractivity contribution in [2.75, 3.05) is 5.73 Å². The Kier molecular flexibility index (Phi) is 4.97. The molecular weight excluding hydrogens is 368 g/mol. The van der Waals surface area contributed by atoms with Crippen molar-refractivity contribution in [3.63, 3.8) is 0 Å². The monoisotopic (exact) mass is 386 g/mol. The lowest BCUT2D eigenvalue weighted by atomic mass is 10.1. The van der Waals surface area contributed by atoms with Gasteiger partial charge in [-0.1, -0.05) is 6.07 Å². The molecular formula is C18H18N4O2S2. The minimum atomic E-state index is -3.59. The number of nitrogen functional groups attached to an aromatic ring is 1. The Balaban J connectivity index is 1.87. The Bertz CT molecular complexity index is 1000. The van der Waals surface area contributed by atoms with Gasteiger partial charge in [0.1, 0.15) is 5.82 Å². The molecule has 0 radical (unpaired) electrons. The van der Waals surface area contributed by atoms with Crippen LogP contribution in [0.25, 0.3) is 0 Å². The third kappa shape index (κ3) is 3.56. The Hall–Kier alpha value is -2.45. The second-order valence-electron chi connectivity index (χ2n) is 6.09. The highest BCUT2D eigenvalue weighted by atomic mass is 32.2. The molecule has 3 rings (SSSR count). The van der Waals surface area contributed by atoms with Gasteiger partial charge in [0, 0.05) is 23.5 Å². The summed E-state index contributed by atoms with van der Waals surface area (Å²) in [5.74, 6) is 0.389. The van der Waals surface area contributed by atoms with Gasteiger partial charge in [-0.3, -0.25) is 4.98 Å². The molecule has 3 aromatic rings. The first-order valence-electron chi connectivity index (χ1n) is 7.82. The van der Waals surface area contributed by atoms with Gasteiger partial charge < -0.3 is 5.73 Å². The summed E-state index contributed by atoms with van der Waals surface area (Å²) in [7, 11) is -3.59. The van der Waals surface area contributed by atoms with E-state index in [1.54, 1.807) is 74.9 Å². The predicted octanol–water partition coefficient (Wildman–Crippen LogP) is 3.31. The molecule has 6 nitrogen and oxygen atoms in total. The lowest BCUT2D eigenvalue weighted by Crippen LogP contribution is -2.29. The topological polar surface area (TPSA) is 98.8 Å². The van der Waals surface area contributed by atoms with Crippen LogP contribution in [-0.4, -0.2) is 23.4 Å². The molecule has 0 atom stereocenters. The van der Waals surface area contributed by atoms with E-state index < -0.39 is 14.6 Å². The van der Waals surface area contributed by atoms with E-state index in [1.165, 1.54) is 11.8 Å². The van der Waals surface area contributed by atoms with E-state index in [4.69, 9.17) is 5.73 Å². The number of nitrogens with zero attached hydrogens (tertiary/aromatic N) is 3. The summed E-state index contributed by atoms with van der Waals surface area (Å²) in [6.45, 7) is 3.37. The fourth-order valence-corrected chi connectivity index (χ4v) is 4.63. The Morgan fingerprint density at radius 2 is 1.77 bits per heavy atom. The molecule has 26 heavy (non-hydrogen) atoms. The highest BCUT2D eigenvalue weighted by Gasteiger charge is 2.37. The van der Waals surface area contributed by atoms with Gasteiger partial charge in [0.15, 0.2) is 15.0 Å². The molecule has 134 valence electrons. The van der Waals surface area contributed by atoms with E-state index >= 15 is 0 Å². The van der Waals surface area contributed by atoms with Crippen LogP contribution in [-0.2, 0) is 14.6 Å². The number of benzene rings is 1. The van der Waals surface area contributed by atoms with Gasteiger partial charge in [0.2, 0.25) is 0 Å². The molecule has 0 amide bonds. The smallest absolute Gasteiger partial charge is 0.194 e. The SMILES string of the molecule is CC(C)(c1cccnc1)S(=O)(=O)c1ccc(Sc2nccc(N)n2)cc1. The number of aromatic nitrogens is 3. The molecule has 2 aromatic heterocycles. The van der Waals surface area contributed by atoms with E-state index in [1.807, 2.05) is 0 Å². The summed E-state index contributed by atoms with van der Waals surface area (Å²) in [6.07, 6.45) is 4.79. The molecule has 2 heterocycles. The Morgan fingerprint density at radius 1 is 1.04 bits per heavy atom. The van der Waals surface area contributed by atoms with E-state index in [-0.39, 0.29) is 4.90 Å². The van der Waals surface area contributed by atoms with Crippen molar-refractivity contribution in [1.29, 1.82) is 0 Å². The van der Waals surface area contributed by atoms with Crippen LogP contribution < -0.4 is 5.73 Å². The second-order valence-corrected chi connectivity index (χ2v) is 9.63. The van der Waals surface area contributed by atoms with Gasteiger partial charge in [-0.25, -0.2) is 18.4 Å². The zero-order valence-electron chi connectivity index (χ0n) is 14.3. The zero-order valence-corrected chi connectivity index (χ0v) is 16.0. The average Bonchev–Trinajstić information content (AvgIpc) is 2.63. The second kappa shape index (κ2) is 7.05. The van der Waals surface area contributed by atoms with Crippen molar-refractivity contribution in [3.8, 4) is 0 Å². The zero-order chi connectivity index (χ0) is 18.8. The van der Waals surface area contributed by atoms with Crippen LogP contribution in [0.3, 0.4) is 0 Å². The number of hydrogen-bond donors (Lipinski definition) is 1. The predicted molar refractivity (Wildman–Crippen MR) is 101 cm³/mol. The quantitative estimate of drug-likeness (QED) is 0.672. The van der Waals surface area contributed by atoms with Crippen LogP contribution in [0.15, 0.2) is 76.0 Å². The van der Waals surface area contributed by atoms with Crippen LogP contribution in [0, 0.1) is 0 Å². The molecule has 1 aromatic carbocycles. The lowest BCUT2D eigenvalue weighted by molar-refractivity contribution is 0.554. The molecule has 0 unspecified atom stereocenters. The minimum absolute atomic E-state index is 0.254. The van der Waals surface area contributed by atoms with E-state index in [0.717, 1.165) is 4.90 Å². The maximum absolute atomic E-state index is 13.1. The van der Waals surface area contributed by atoms with Gasteiger partial charge in [0.25, 0.3) is 0 Å². The molecule has 0 aliphatic heterocycles. The highest BCUT2D eigenvalue weighted by Crippen LogP contribution is 2.35. The summed E-state index contributed by atoms with van der Waals surface area (Å²) in [5.41, 5.74) is 6.29. The fourth-order valence-electron chi connectivity index (χ4n) is 2.36. The molecule has 0 saturated carbocycles. The largest absolute Gasteiger partial charge is 0.384 e. The lowest BCUT2D eigenvalue weighted by Gasteiger charge is -2.25. The van der Waals surface area contributed by atoms with Crippen LogP contribution in [0.4, 0.5) is 5.82 Å². The Labute approximate surface area is 156 Å². The number of nitrogens with two attached hydrogens (primary N) is 1. The van der Waals surface area contributed by atoms with Crippen LogP contribution in [0.5, 0.6) is 0 Å². The standard InChI is InChI=1S/C18H18N4O2S2/c1-18(2,13-4-3-10-20-12-13)26(23,24)15-7-5-14(6-8-15)25-17-21-11-9-16(19)22-17/h3-12H,1-2H3,(H2,19,21,22). The summed E-state index contributed by atoms with van der Waals surface area (Å²) in [6, 6.07) is 11.8. The fraction of sp³-hybridized carbons (Fsp3) is 0.167. The highest BCUT2D eigenvalue weighted by molar-refractivity contribution is 7.99. The van der Waals surface area contributed by atoms with Crippen LogP contribution >= 0.6 is 11.8 Å². The summed E-state index contributed by atoms with van der Waals surface area (Å²) >= 11 is 1.32. The van der Waals surface area contributed by atoms with Gasteiger partial charge >= 0.3 is 0 Å². The summed E-state index contributed by atoms with van der Waals surface area (Å²) in [4.78, 5) is 13.4. The van der Waals surface area contributed by atoms with Crippen molar-refractivity contribution in [1.82, 2.24) is 15.0 Å². The molecule has 2 N–H and O–H groups in total. The van der Waals surface area contributed by atoms with E-state index in [0.29, 0.717) is 16.5 Å². The molecule has 0 spiro atoms. The maximum Gasteiger partial charge on any atom is 0.194 e. The van der Waals surface area contributed by atoms with Crippen molar-refractivity contribution in [2.45, 2.75) is 33.5 Å². The van der Waals surface area contributed by atoms with Crippen molar-refractivity contribution < 1.29 is 8.42 Å². The molecule has 8 heteroatoms. The van der Waals surface area contributed by atoms with Crippen molar-refractivity contribution >= 4 is 27.4 Å². The molecule has 0 saturated heterocycles. The molecule has 0 aliphatic carbocycles. The first kappa shape index (κ1) is 18.3. The average molecular weight is 387 g/mol. The summed E-state index contributed by atoms with van der Waals surface area (Å²) in [5, 5.41) is 0.510. The van der Waals surface area contributed by atoms with Crippen LogP contribution in [0.2, 0.25) is 0 Å². The van der Waals surface area contributed by atoms with Gasteiger partial charge in [0.05, 0.1) is 9.64 Å². The first-order valence-corrected chi connectivity index (χ1v) is 10.1.